The molecule has 0 aromatic heterocycles. The molecule has 2 heteroatoms. The SMILES string of the molecule is c1ccc(C2(c3ccccc3)OCCCO2)cc1. The first kappa shape index (κ1) is 11.5. The quantitative estimate of drug-likeness (QED) is 0.801. The summed E-state index contributed by atoms with van der Waals surface area (Å²) in [6, 6.07) is 20.3. The number of rotatable bonds is 2. The second-order valence-corrected chi connectivity index (χ2v) is 4.40. The minimum absolute atomic E-state index is 0.726. The van der Waals surface area contributed by atoms with Gasteiger partial charge in [-0.2, -0.15) is 0 Å². The molecule has 0 atom stereocenters. The van der Waals surface area contributed by atoms with E-state index in [1.165, 1.54) is 0 Å². The Morgan fingerprint density at radius 2 is 1.11 bits per heavy atom. The normalized spacial score (nSPS) is 18.4. The van der Waals surface area contributed by atoms with Crippen molar-refractivity contribution in [2.45, 2.75) is 12.2 Å². The topological polar surface area (TPSA) is 18.5 Å². The highest BCUT2D eigenvalue weighted by atomic mass is 16.7. The molecular weight excluding hydrogens is 224 g/mol. The van der Waals surface area contributed by atoms with Crippen molar-refractivity contribution in [2.75, 3.05) is 13.2 Å². The van der Waals surface area contributed by atoms with Crippen LogP contribution in [-0.4, -0.2) is 13.2 Å². The van der Waals surface area contributed by atoms with Gasteiger partial charge < -0.3 is 9.47 Å². The van der Waals surface area contributed by atoms with E-state index in [-0.39, 0.29) is 0 Å². The number of hydrogen-bond acceptors (Lipinski definition) is 2. The molecule has 2 aromatic rings. The van der Waals surface area contributed by atoms with Gasteiger partial charge in [-0.15, -0.1) is 0 Å². The van der Waals surface area contributed by atoms with Crippen molar-refractivity contribution in [1.29, 1.82) is 0 Å². The Morgan fingerprint density at radius 1 is 0.667 bits per heavy atom. The fourth-order valence-electron chi connectivity index (χ4n) is 2.35. The second-order valence-electron chi connectivity index (χ2n) is 4.40. The zero-order chi connectivity index (χ0) is 12.3. The molecule has 0 unspecified atom stereocenters. The van der Waals surface area contributed by atoms with Gasteiger partial charge in [0.2, 0.25) is 5.79 Å². The molecule has 0 saturated carbocycles. The molecule has 0 aliphatic carbocycles. The highest BCUT2D eigenvalue weighted by Gasteiger charge is 2.38. The van der Waals surface area contributed by atoms with E-state index in [9.17, 15) is 0 Å². The number of benzene rings is 2. The van der Waals surface area contributed by atoms with Crippen molar-refractivity contribution >= 4 is 0 Å². The van der Waals surface area contributed by atoms with Crippen LogP contribution >= 0.6 is 0 Å². The van der Waals surface area contributed by atoms with Gasteiger partial charge in [0.1, 0.15) is 0 Å². The van der Waals surface area contributed by atoms with Gasteiger partial charge in [0.25, 0.3) is 0 Å². The first-order chi connectivity index (χ1) is 8.92. The largest absolute Gasteiger partial charge is 0.342 e. The lowest BCUT2D eigenvalue weighted by Crippen LogP contribution is -2.39. The Balaban J connectivity index is 2.10. The summed E-state index contributed by atoms with van der Waals surface area (Å²) in [4.78, 5) is 0. The van der Waals surface area contributed by atoms with Crippen molar-refractivity contribution in [1.82, 2.24) is 0 Å². The van der Waals surface area contributed by atoms with Crippen LogP contribution in [0.5, 0.6) is 0 Å². The van der Waals surface area contributed by atoms with Crippen molar-refractivity contribution in [3.05, 3.63) is 71.8 Å². The second kappa shape index (κ2) is 4.92. The van der Waals surface area contributed by atoms with E-state index < -0.39 is 5.79 Å². The fourth-order valence-corrected chi connectivity index (χ4v) is 2.35. The molecule has 3 rings (SSSR count). The third-order valence-electron chi connectivity index (χ3n) is 3.21. The molecule has 1 aliphatic rings. The summed E-state index contributed by atoms with van der Waals surface area (Å²) in [6.45, 7) is 1.45. The first-order valence-corrected chi connectivity index (χ1v) is 6.31. The Morgan fingerprint density at radius 3 is 1.56 bits per heavy atom. The maximum Gasteiger partial charge on any atom is 0.222 e. The van der Waals surface area contributed by atoms with Gasteiger partial charge in [0, 0.05) is 11.1 Å². The highest BCUT2D eigenvalue weighted by molar-refractivity contribution is 5.34. The molecule has 1 saturated heterocycles. The summed E-state index contributed by atoms with van der Waals surface area (Å²) in [5, 5.41) is 0. The summed E-state index contributed by atoms with van der Waals surface area (Å²) in [5.74, 6) is -0.735. The summed E-state index contributed by atoms with van der Waals surface area (Å²) in [7, 11) is 0. The minimum Gasteiger partial charge on any atom is -0.342 e. The standard InChI is InChI=1S/C16H16O2/c1-3-8-14(9-4-1)16(17-12-7-13-18-16)15-10-5-2-6-11-15/h1-6,8-11H,7,12-13H2. The first-order valence-electron chi connectivity index (χ1n) is 6.31. The average Bonchev–Trinajstić information content (AvgIpc) is 2.50. The molecule has 92 valence electrons. The van der Waals surface area contributed by atoms with E-state index in [0.29, 0.717) is 0 Å². The van der Waals surface area contributed by atoms with Crippen LogP contribution in [0.3, 0.4) is 0 Å². The van der Waals surface area contributed by atoms with E-state index in [0.717, 1.165) is 30.8 Å². The lowest BCUT2D eigenvalue weighted by Gasteiger charge is -2.37. The molecule has 1 heterocycles. The third-order valence-corrected chi connectivity index (χ3v) is 3.21. The molecule has 0 spiro atoms. The highest BCUT2D eigenvalue weighted by Crippen LogP contribution is 2.37. The monoisotopic (exact) mass is 240 g/mol. The summed E-state index contributed by atoms with van der Waals surface area (Å²) in [5.41, 5.74) is 2.10. The Bertz CT molecular complexity index is 446. The van der Waals surface area contributed by atoms with E-state index in [4.69, 9.17) is 9.47 Å². The van der Waals surface area contributed by atoms with Gasteiger partial charge in [-0.1, -0.05) is 60.7 Å². The van der Waals surface area contributed by atoms with E-state index >= 15 is 0 Å². The molecule has 2 aromatic carbocycles. The molecule has 0 bridgehead atoms. The predicted octanol–water partition coefficient (Wildman–Crippen LogP) is 3.32. The van der Waals surface area contributed by atoms with Crippen molar-refractivity contribution < 1.29 is 9.47 Å². The molecule has 0 N–H and O–H groups in total. The van der Waals surface area contributed by atoms with Crippen LogP contribution in [0.2, 0.25) is 0 Å². The van der Waals surface area contributed by atoms with Gasteiger partial charge in [0.05, 0.1) is 13.2 Å². The zero-order valence-corrected chi connectivity index (χ0v) is 10.2. The summed E-state index contributed by atoms with van der Waals surface area (Å²) >= 11 is 0. The van der Waals surface area contributed by atoms with Gasteiger partial charge in [-0.3, -0.25) is 0 Å². The molecule has 1 fully saturated rings. The maximum atomic E-state index is 6.02. The van der Waals surface area contributed by atoms with Crippen LogP contribution in [-0.2, 0) is 15.3 Å². The molecule has 1 aliphatic heterocycles. The molecule has 0 amide bonds. The summed E-state index contributed by atoms with van der Waals surface area (Å²) < 4.78 is 12.0. The van der Waals surface area contributed by atoms with Crippen LogP contribution in [0, 0.1) is 0 Å². The Hall–Kier alpha value is -1.64. The summed E-state index contributed by atoms with van der Waals surface area (Å²) in [6.07, 6.45) is 0.946. The maximum absolute atomic E-state index is 6.02. The molecule has 0 radical (unpaired) electrons. The molecule has 18 heavy (non-hydrogen) atoms. The van der Waals surface area contributed by atoms with Crippen LogP contribution in [0.15, 0.2) is 60.7 Å². The Kier molecular flexibility index (Phi) is 3.13. The average molecular weight is 240 g/mol. The van der Waals surface area contributed by atoms with Crippen molar-refractivity contribution in [2.24, 2.45) is 0 Å². The lowest BCUT2D eigenvalue weighted by molar-refractivity contribution is -0.249. The lowest BCUT2D eigenvalue weighted by atomic mass is 9.96. The minimum atomic E-state index is -0.735. The smallest absolute Gasteiger partial charge is 0.222 e. The number of hydrogen-bond donors (Lipinski definition) is 0. The number of ether oxygens (including phenoxy) is 2. The third kappa shape index (κ3) is 1.94. The van der Waals surface area contributed by atoms with E-state index in [1.54, 1.807) is 0 Å². The van der Waals surface area contributed by atoms with Gasteiger partial charge in [0.15, 0.2) is 0 Å². The van der Waals surface area contributed by atoms with Crippen LogP contribution in [0.4, 0.5) is 0 Å². The zero-order valence-electron chi connectivity index (χ0n) is 10.2. The van der Waals surface area contributed by atoms with Crippen LogP contribution < -0.4 is 0 Å². The predicted molar refractivity (Wildman–Crippen MR) is 70.2 cm³/mol. The molecule has 2 nitrogen and oxygen atoms in total. The van der Waals surface area contributed by atoms with Crippen LogP contribution in [0.25, 0.3) is 0 Å². The Labute approximate surface area is 107 Å². The van der Waals surface area contributed by atoms with Crippen LogP contribution in [0.1, 0.15) is 17.5 Å². The van der Waals surface area contributed by atoms with E-state index in [1.807, 2.05) is 36.4 Å². The van der Waals surface area contributed by atoms with E-state index in [2.05, 4.69) is 24.3 Å². The fraction of sp³-hybridized carbons (Fsp3) is 0.250. The van der Waals surface area contributed by atoms with Crippen molar-refractivity contribution in [3.63, 3.8) is 0 Å². The van der Waals surface area contributed by atoms with Gasteiger partial charge in [-0.05, 0) is 6.42 Å². The van der Waals surface area contributed by atoms with Crippen molar-refractivity contribution in [3.8, 4) is 0 Å². The van der Waals surface area contributed by atoms with Gasteiger partial charge in [-0.25, -0.2) is 0 Å². The molecular formula is C16H16O2. The van der Waals surface area contributed by atoms with Gasteiger partial charge >= 0.3 is 0 Å².